The predicted molar refractivity (Wildman–Crippen MR) is 114 cm³/mol. The summed E-state index contributed by atoms with van der Waals surface area (Å²) in [6, 6.07) is 11.5. The van der Waals surface area contributed by atoms with E-state index in [2.05, 4.69) is 39.3 Å². The van der Waals surface area contributed by atoms with Gasteiger partial charge < -0.3 is 4.98 Å². The van der Waals surface area contributed by atoms with E-state index >= 15 is 0 Å². The van der Waals surface area contributed by atoms with Crippen LogP contribution in [0.1, 0.15) is 31.2 Å². The molecule has 3 nitrogen and oxygen atoms in total. The van der Waals surface area contributed by atoms with Crippen molar-refractivity contribution in [1.29, 1.82) is 0 Å². The molecule has 0 radical (unpaired) electrons. The first kappa shape index (κ1) is 17.2. The van der Waals surface area contributed by atoms with E-state index in [1.54, 1.807) is 0 Å². The van der Waals surface area contributed by atoms with Gasteiger partial charge >= 0.3 is 0 Å². The van der Waals surface area contributed by atoms with Crippen LogP contribution in [0.3, 0.4) is 0 Å². The Balaban J connectivity index is 1.54. The second-order valence-electron chi connectivity index (χ2n) is 8.74. The fourth-order valence-electron chi connectivity index (χ4n) is 5.33. The second kappa shape index (κ2) is 6.39. The van der Waals surface area contributed by atoms with Crippen LogP contribution in [0.15, 0.2) is 61.1 Å². The molecule has 2 fully saturated rings. The zero-order chi connectivity index (χ0) is 19.4. The first-order valence-corrected chi connectivity index (χ1v) is 10.6. The van der Waals surface area contributed by atoms with Gasteiger partial charge in [-0.15, -0.1) is 0 Å². The molecule has 3 aliphatic rings. The molecular formula is C25H24FN3. The van der Waals surface area contributed by atoms with Crippen molar-refractivity contribution >= 4 is 5.57 Å². The molecule has 1 unspecified atom stereocenters. The molecule has 29 heavy (non-hydrogen) atoms. The highest BCUT2D eigenvalue weighted by atomic mass is 19.1. The summed E-state index contributed by atoms with van der Waals surface area (Å²) in [5.41, 5.74) is 7.55. The van der Waals surface area contributed by atoms with Crippen molar-refractivity contribution in [3.63, 3.8) is 0 Å². The van der Waals surface area contributed by atoms with Crippen LogP contribution < -0.4 is 0 Å². The Bertz CT molecular complexity index is 1080. The Hall–Kier alpha value is -2.72. The molecule has 0 bridgehead atoms. The second-order valence-corrected chi connectivity index (χ2v) is 8.74. The average molecular weight is 385 g/mol. The molecule has 3 aromatic rings. The highest BCUT2D eigenvalue weighted by Crippen LogP contribution is 2.60. The summed E-state index contributed by atoms with van der Waals surface area (Å²) in [5, 5.41) is 0. The van der Waals surface area contributed by atoms with Crippen LogP contribution in [0.5, 0.6) is 0 Å². The molecule has 1 N–H and O–H groups in total. The Kier molecular flexibility index (Phi) is 3.78. The SMILES string of the molecule is Fc1ccc(-c2[nH]cc(C3=CC4CCCN4CC34CC4)c2-c2ccncc2)cc1. The number of pyridine rings is 1. The third-order valence-electron chi connectivity index (χ3n) is 6.98. The highest BCUT2D eigenvalue weighted by molar-refractivity contribution is 5.93. The lowest BCUT2D eigenvalue weighted by atomic mass is 9.82. The number of H-pyrrole nitrogens is 1. The zero-order valence-electron chi connectivity index (χ0n) is 16.4. The van der Waals surface area contributed by atoms with Gasteiger partial charge in [0, 0.05) is 47.7 Å². The van der Waals surface area contributed by atoms with E-state index in [9.17, 15) is 4.39 Å². The Morgan fingerprint density at radius 1 is 1.03 bits per heavy atom. The lowest BCUT2D eigenvalue weighted by molar-refractivity contribution is 0.242. The molecule has 2 aliphatic heterocycles. The van der Waals surface area contributed by atoms with Gasteiger partial charge in [-0.05, 0) is 85.3 Å². The normalized spacial score (nSPS) is 22.5. The summed E-state index contributed by atoms with van der Waals surface area (Å²) in [6.07, 6.45) is 13.5. The van der Waals surface area contributed by atoms with Crippen molar-refractivity contribution in [2.75, 3.05) is 13.1 Å². The van der Waals surface area contributed by atoms with Gasteiger partial charge in [-0.2, -0.15) is 0 Å². The van der Waals surface area contributed by atoms with Gasteiger partial charge in [0.25, 0.3) is 0 Å². The standard InChI is InChI=1S/C25H24FN3/c26-19-5-3-18(4-6-19)24-23(17-7-11-27-12-8-17)21(15-28-24)22-14-20-2-1-13-29(20)16-25(22)9-10-25/h3-8,11-12,14-15,20,28H,1-2,9-10,13,16H2. The molecule has 4 heteroatoms. The molecule has 1 atom stereocenters. The largest absolute Gasteiger partial charge is 0.360 e. The lowest BCUT2D eigenvalue weighted by Gasteiger charge is -2.35. The van der Waals surface area contributed by atoms with E-state index in [1.165, 1.54) is 67.6 Å². The van der Waals surface area contributed by atoms with Crippen molar-refractivity contribution in [1.82, 2.24) is 14.9 Å². The maximum Gasteiger partial charge on any atom is 0.123 e. The van der Waals surface area contributed by atoms with Crippen LogP contribution >= 0.6 is 0 Å². The lowest BCUT2D eigenvalue weighted by Crippen LogP contribution is -2.38. The van der Waals surface area contributed by atoms with Gasteiger partial charge in [0.1, 0.15) is 5.82 Å². The molecule has 146 valence electrons. The Morgan fingerprint density at radius 2 is 1.83 bits per heavy atom. The summed E-state index contributed by atoms with van der Waals surface area (Å²) in [7, 11) is 0. The van der Waals surface area contributed by atoms with Gasteiger partial charge in [-0.1, -0.05) is 6.08 Å². The molecule has 0 amide bonds. The number of nitrogens with one attached hydrogen (secondary N) is 1. The number of aromatic nitrogens is 2. The summed E-state index contributed by atoms with van der Waals surface area (Å²) >= 11 is 0. The molecule has 1 spiro atoms. The smallest absolute Gasteiger partial charge is 0.123 e. The average Bonchev–Trinajstić information content (AvgIpc) is 3.16. The van der Waals surface area contributed by atoms with Crippen LogP contribution in [-0.2, 0) is 0 Å². The topological polar surface area (TPSA) is 31.9 Å². The van der Waals surface area contributed by atoms with E-state index in [-0.39, 0.29) is 5.82 Å². The molecular weight excluding hydrogens is 361 g/mol. The van der Waals surface area contributed by atoms with Crippen molar-refractivity contribution in [3.8, 4) is 22.4 Å². The van der Waals surface area contributed by atoms with Crippen molar-refractivity contribution < 1.29 is 4.39 Å². The molecule has 1 saturated carbocycles. The van der Waals surface area contributed by atoms with E-state index in [4.69, 9.17) is 0 Å². The Morgan fingerprint density at radius 3 is 2.59 bits per heavy atom. The summed E-state index contributed by atoms with van der Waals surface area (Å²) in [6.45, 7) is 2.43. The Labute approximate surface area is 170 Å². The number of halogens is 1. The van der Waals surface area contributed by atoms with Gasteiger partial charge in [0.05, 0.1) is 5.69 Å². The van der Waals surface area contributed by atoms with Crippen LogP contribution in [-0.4, -0.2) is 34.0 Å². The van der Waals surface area contributed by atoms with Crippen molar-refractivity contribution in [3.05, 3.63) is 72.4 Å². The molecule has 2 aromatic heterocycles. The minimum Gasteiger partial charge on any atom is -0.360 e. The number of benzene rings is 1. The quantitative estimate of drug-likeness (QED) is 0.643. The minimum absolute atomic E-state index is 0.209. The number of hydrogen-bond donors (Lipinski definition) is 1. The van der Waals surface area contributed by atoms with Gasteiger partial charge in [0.2, 0.25) is 0 Å². The molecule has 6 rings (SSSR count). The maximum absolute atomic E-state index is 13.5. The van der Waals surface area contributed by atoms with Crippen LogP contribution in [0.4, 0.5) is 4.39 Å². The summed E-state index contributed by atoms with van der Waals surface area (Å²) in [4.78, 5) is 10.4. The van der Waals surface area contributed by atoms with E-state index in [0.717, 1.165) is 16.8 Å². The van der Waals surface area contributed by atoms with Crippen molar-refractivity contribution in [2.45, 2.75) is 31.7 Å². The van der Waals surface area contributed by atoms with Crippen molar-refractivity contribution in [2.24, 2.45) is 5.41 Å². The number of aromatic amines is 1. The molecule has 1 saturated heterocycles. The molecule has 4 heterocycles. The van der Waals surface area contributed by atoms with E-state index in [0.29, 0.717) is 11.5 Å². The summed E-state index contributed by atoms with van der Waals surface area (Å²) < 4.78 is 13.5. The van der Waals surface area contributed by atoms with Gasteiger partial charge in [-0.25, -0.2) is 4.39 Å². The number of fused-ring (bicyclic) bond motifs is 1. The number of rotatable bonds is 3. The fourth-order valence-corrected chi connectivity index (χ4v) is 5.33. The fraction of sp³-hybridized carbons (Fsp3) is 0.320. The minimum atomic E-state index is -0.209. The van der Waals surface area contributed by atoms with Gasteiger partial charge in [-0.3, -0.25) is 9.88 Å². The number of hydrogen-bond acceptors (Lipinski definition) is 2. The van der Waals surface area contributed by atoms with Crippen LogP contribution in [0, 0.1) is 11.2 Å². The van der Waals surface area contributed by atoms with E-state index in [1.807, 2.05) is 24.5 Å². The number of nitrogens with zero attached hydrogens (tertiary/aromatic N) is 2. The van der Waals surface area contributed by atoms with Gasteiger partial charge in [0.15, 0.2) is 0 Å². The first-order chi connectivity index (χ1) is 14.2. The van der Waals surface area contributed by atoms with Crippen LogP contribution in [0.25, 0.3) is 28.0 Å². The third kappa shape index (κ3) is 2.77. The third-order valence-corrected chi connectivity index (χ3v) is 6.98. The summed E-state index contributed by atoms with van der Waals surface area (Å²) in [5.74, 6) is -0.209. The first-order valence-electron chi connectivity index (χ1n) is 10.6. The molecule has 1 aliphatic carbocycles. The predicted octanol–water partition coefficient (Wildman–Crippen LogP) is 5.52. The highest BCUT2D eigenvalue weighted by Gasteiger charge is 2.52. The molecule has 1 aromatic carbocycles. The zero-order valence-corrected chi connectivity index (χ0v) is 16.4. The van der Waals surface area contributed by atoms with E-state index < -0.39 is 0 Å². The monoisotopic (exact) mass is 385 g/mol. The maximum atomic E-state index is 13.5. The van der Waals surface area contributed by atoms with Crippen LogP contribution in [0.2, 0.25) is 0 Å².